The molecule has 1 heterocycles. The summed E-state index contributed by atoms with van der Waals surface area (Å²) in [6.45, 7) is 3.27. The van der Waals surface area contributed by atoms with Crippen LogP contribution < -0.4 is 10.6 Å². The molecule has 1 amide bonds. The smallest absolute Gasteiger partial charge is 0.356 e. The zero-order valence-electron chi connectivity index (χ0n) is 14.1. The van der Waals surface area contributed by atoms with Crippen LogP contribution in [0.5, 0.6) is 0 Å². The van der Waals surface area contributed by atoms with Crippen molar-refractivity contribution in [2.45, 2.75) is 37.9 Å². The fourth-order valence-corrected chi connectivity index (χ4v) is 3.61. The Balaban J connectivity index is 0.00000312. The van der Waals surface area contributed by atoms with Crippen molar-refractivity contribution >= 4 is 30.1 Å². The summed E-state index contributed by atoms with van der Waals surface area (Å²) in [6.07, 6.45) is -3.26. The molecular formula is C17H24ClF3N2OS. The van der Waals surface area contributed by atoms with Gasteiger partial charge in [0.15, 0.2) is 0 Å². The maximum absolute atomic E-state index is 12.7. The number of benzene rings is 1. The summed E-state index contributed by atoms with van der Waals surface area (Å²) >= 11 is 1.84. The standard InChI is InChI=1S/C17H23F3N2OS.ClH/c1-12(13-3-2-4-14(9-13)17(18,19)20)5-6-22-16(23)10-15-11-24-8-7-21-15;/h2-4,9,12,15,21H,5-8,10-11H2,1H3,(H,22,23);1H. The number of nitrogens with one attached hydrogen (secondary N) is 2. The fraction of sp³-hybridized carbons (Fsp3) is 0.588. The third kappa shape index (κ3) is 7.46. The van der Waals surface area contributed by atoms with E-state index in [1.165, 1.54) is 12.1 Å². The third-order valence-corrected chi connectivity index (χ3v) is 5.24. The minimum atomic E-state index is -4.32. The molecule has 0 saturated carbocycles. The molecule has 0 bridgehead atoms. The molecule has 2 atom stereocenters. The second kappa shape index (κ2) is 10.3. The Morgan fingerprint density at radius 1 is 1.44 bits per heavy atom. The van der Waals surface area contributed by atoms with Crippen molar-refractivity contribution in [3.63, 3.8) is 0 Å². The van der Waals surface area contributed by atoms with Crippen LogP contribution in [0, 0.1) is 0 Å². The van der Waals surface area contributed by atoms with E-state index in [-0.39, 0.29) is 30.3 Å². The first-order valence-electron chi connectivity index (χ1n) is 8.11. The molecule has 2 rings (SSSR count). The molecule has 8 heteroatoms. The van der Waals surface area contributed by atoms with Gasteiger partial charge in [-0.15, -0.1) is 12.4 Å². The Morgan fingerprint density at radius 3 is 2.84 bits per heavy atom. The lowest BCUT2D eigenvalue weighted by atomic mass is 9.96. The molecule has 1 fully saturated rings. The van der Waals surface area contributed by atoms with E-state index in [4.69, 9.17) is 0 Å². The highest BCUT2D eigenvalue weighted by atomic mass is 35.5. The van der Waals surface area contributed by atoms with E-state index in [9.17, 15) is 18.0 Å². The molecule has 0 aliphatic carbocycles. The second-order valence-electron chi connectivity index (χ2n) is 6.09. The molecule has 3 nitrogen and oxygen atoms in total. The first kappa shape index (κ1) is 22.1. The predicted molar refractivity (Wildman–Crippen MR) is 98.5 cm³/mol. The quantitative estimate of drug-likeness (QED) is 0.767. The number of thioether (sulfide) groups is 1. The summed E-state index contributed by atoms with van der Waals surface area (Å²) in [7, 11) is 0. The molecule has 0 spiro atoms. The van der Waals surface area contributed by atoms with E-state index in [0.29, 0.717) is 24.9 Å². The molecule has 0 aromatic heterocycles. The number of carbonyl (C=O) groups excluding carboxylic acids is 1. The Morgan fingerprint density at radius 2 is 2.20 bits per heavy atom. The second-order valence-corrected chi connectivity index (χ2v) is 7.24. The Hall–Kier alpha value is -0.920. The number of rotatable bonds is 6. The van der Waals surface area contributed by atoms with Gasteiger partial charge in [-0.2, -0.15) is 24.9 Å². The fourth-order valence-electron chi connectivity index (χ4n) is 2.66. The van der Waals surface area contributed by atoms with Crippen LogP contribution in [-0.2, 0) is 11.0 Å². The van der Waals surface area contributed by atoms with Gasteiger partial charge in [-0.3, -0.25) is 4.79 Å². The number of alkyl halides is 3. The summed E-state index contributed by atoms with van der Waals surface area (Å²) in [5, 5.41) is 6.17. The van der Waals surface area contributed by atoms with Crippen molar-refractivity contribution in [2.75, 3.05) is 24.6 Å². The number of hydrogen-bond donors (Lipinski definition) is 2. The number of halogens is 4. The van der Waals surface area contributed by atoms with Gasteiger partial charge in [0, 0.05) is 37.1 Å². The molecule has 1 aromatic rings. The molecule has 1 aliphatic heterocycles. The molecule has 1 aliphatic rings. The van der Waals surface area contributed by atoms with Crippen molar-refractivity contribution in [2.24, 2.45) is 0 Å². The van der Waals surface area contributed by atoms with Gasteiger partial charge in [0.1, 0.15) is 0 Å². The number of carbonyl (C=O) groups is 1. The van der Waals surface area contributed by atoms with E-state index in [1.54, 1.807) is 6.07 Å². The summed E-state index contributed by atoms with van der Waals surface area (Å²) in [5.74, 6) is 1.96. The van der Waals surface area contributed by atoms with Gasteiger partial charge in [-0.1, -0.05) is 25.1 Å². The molecule has 1 saturated heterocycles. The maximum Gasteiger partial charge on any atom is 0.416 e. The average Bonchev–Trinajstić information content (AvgIpc) is 2.55. The largest absolute Gasteiger partial charge is 0.416 e. The lowest BCUT2D eigenvalue weighted by molar-refractivity contribution is -0.137. The van der Waals surface area contributed by atoms with Gasteiger partial charge >= 0.3 is 6.18 Å². The SMILES string of the molecule is CC(CCNC(=O)CC1CSCCN1)c1cccc(C(F)(F)F)c1.Cl. The summed E-state index contributed by atoms with van der Waals surface area (Å²) in [6, 6.07) is 5.61. The first-order valence-corrected chi connectivity index (χ1v) is 9.26. The molecule has 1 aromatic carbocycles. The Bertz CT molecular complexity index is 551. The van der Waals surface area contributed by atoms with Crippen LogP contribution in [-0.4, -0.2) is 36.5 Å². The lowest BCUT2D eigenvalue weighted by Crippen LogP contribution is -2.41. The van der Waals surface area contributed by atoms with Crippen LogP contribution in [0.4, 0.5) is 13.2 Å². The maximum atomic E-state index is 12.7. The molecule has 0 radical (unpaired) electrons. The molecule has 2 unspecified atom stereocenters. The zero-order chi connectivity index (χ0) is 17.6. The average molecular weight is 397 g/mol. The normalized spacial score (nSPS) is 19.0. The lowest BCUT2D eigenvalue weighted by Gasteiger charge is -2.22. The van der Waals surface area contributed by atoms with E-state index in [0.717, 1.165) is 24.1 Å². The van der Waals surface area contributed by atoms with Crippen LogP contribution in [0.2, 0.25) is 0 Å². The highest BCUT2D eigenvalue weighted by molar-refractivity contribution is 7.99. The van der Waals surface area contributed by atoms with Crippen LogP contribution >= 0.6 is 24.2 Å². The van der Waals surface area contributed by atoms with Gasteiger partial charge in [0.25, 0.3) is 0 Å². The van der Waals surface area contributed by atoms with E-state index < -0.39 is 11.7 Å². The van der Waals surface area contributed by atoms with E-state index >= 15 is 0 Å². The van der Waals surface area contributed by atoms with Gasteiger partial charge in [-0.05, 0) is 24.0 Å². The minimum absolute atomic E-state index is 0. The summed E-state index contributed by atoms with van der Waals surface area (Å²) in [4.78, 5) is 11.9. The first-order chi connectivity index (χ1) is 11.4. The van der Waals surface area contributed by atoms with E-state index in [1.807, 2.05) is 18.7 Å². The summed E-state index contributed by atoms with van der Waals surface area (Å²) < 4.78 is 38.2. The van der Waals surface area contributed by atoms with Gasteiger partial charge in [0.2, 0.25) is 5.91 Å². The summed E-state index contributed by atoms with van der Waals surface area (Å²) in [5.41, 5.74) is 0.0150. The highest BCUT2D eigenvalue weighted by Crippen LogP contribution is 2.31. The van der Waals surface area contributed by atoms with Crippen molar-refractivity contribution in [1.29, 1.82) is 0 Å². The van der Waals surface area contributed by atoms with Gasteiger partial charge < -0.3 is 10.6 Å². The minimum Gasteiger partial charge on any atom is -0.356 e. The van der Waals surface area contributed by atoms with Crippen LogP contribution in [0.25, 0.3) is 0 Å². The number of amides is 1. The Labute approximate surface area is 156 Å². The number of hydrogen-bond acceptors (Lipinski definition) is 3. The van der Waals surface area contributed by atoms with E-state index in [2.05, 4.69) is 10.6 Å². The highest BCUT2D eigenvalue weighted by Gasteiger charge is 2.30. The van der Waals surface area contributed by atoms with Gasteiger partial charge in [0.05, 0.1) is 5.56 Å². The molecular weight excluding hydrogens is 373 g/mol. The molecule has 142 valence electrons. The Kier molecular flexibility index (Phi) is 9.10. The topological polar surface area (TPSA) is 41.1 Å². The molecule has 2 N–H and O–H groups in total. The third-order valence-electron chi connectivity index (χ3n) is 4.11. The van der Waals surface area contributed by atoms with Crippen molar-refractivity contribution in [1.82, 2.24) is 10.6 Å². The van der Waals surface area contributed by atoms with Crippen LogP contribution in [0.1, 0.15) is 36.8 Å². The van der Waals surface area contributed by atoms with Crippen molar-refractivity contribution in [3.8, 4) is 0 Å². The van der Waals surface area contributed by atoms with Crippen LogP contribution in [0.3, 0.4) is 0 Å². The molecule has 25 heavy (non-hydrogen) atoms. The van der Waals surface area contributed by atoms with Crippen molar-refractivity contribution < 1.29 is 18.0 Å². The van der Waals surface area contributed by atoms with Gasteiger partial charge in [-0.25, -0.2) is 0 Å². The van der Waals surface area contributed by atoms with Crippen molar-refractivity contribution in [3.05, 3.63) is 35.4 Å². The predicted octanol–water partition coefficient (Wildman–Crippen LogP) is 3.83. The van der Waals surface area contributed by atoms with Crippen LogP contribution in [0.15, 0.2) is 24.3 Å². The monoisotopic (exact) mass is 396 g/mol. The zero-order valence-corrected chi connectivity index (χ0v) is 15.7.